The number of para-hydroxylation sites is 1. The van der Waals surface area contributed by atoms with Gasteiger partial charge in [-0.05, 0) is 25.0 Å². The quantitative estimate of drug-likeness (QED) is 0.657. The van der Waals surface area contributed by atoms with Gasteiger partial charge in [-0.1, -0.05) is 30.3 Å². The third kappa shape index (κ3) is 1.96. The molecule has 0 amide bonds. The molecule has 2 heterocycles. The molecule has 1 atom stereocenters. The molecule has 1 aliphatic rings. The molecule has 1 aromatic heterocycles. The summed E-state index contributed by atoms with van der Waals surface area (Å²) >= 11 is 0. The van der Waals surface area contributed by atoms with Crippen molar-refractivity contribution in [3.05, 3.63) is 48.2 Å². The van der Waals surface area contributed by atoms with E-state index in [2.05, 4.69) is 18.2 Å². The molecule has 0 N–H and O–H groups in total. The number of hydrogen-bond donors (Lipinski definition) is 0. The standard InChI is InChI=1S/C18H17NO2/c1-20-15-9-4-7-13-17(15)12-6-2-3-8-14(12)19-18(13)16-10-5-11-21-16/h2-4,6-9,16H,5,10-11H2,1H3. The number of pyridine rings is 1. The molecule has 3 nitrogen and oxygen atoms in total. The fraction of sp³-hybridized carbons (Fsp3) is 0.278. The Hall–Kier alpha value is -2.13. The van der Waals surface area contributed by atoms with Crippen LogP contribution in [-0.2, 0) is 4.74 Å². The third-order valence-corrected chi connectivity index (χ3v) is 4.17. The van der Waals surface area contributed by atoms with Crippen LogP contribution in [0.15, 0.2) is 42.5 Å². The lowest BCUT2D eigenvalue weighted by Crippen LogP contribution is -2.02. The summed E-state index contributed by atoms with van der Waals surface area (Å²) in [6.45, 7) is 0.824. The predicted molar refractivity (Wildman–Crippen MR) is 83.7 cm³/mol. The fourth-order valence-electron chi connectivity index (χ4n) is 3.20. The van der Waals surface area contributed by atoms with E-state index in [4.69, 9.17) is 14.5 Å². The largest absolute Gasteiger partial charge is 0.496 e. The zero-order chi connectivity index (χ0) is 14.2. The van der Waals surface area contributed by atoms with Crippen molar-refractivity contribution >= 4 is 21.7 Å². The van der Waals surface area contributed by atoms with Gasteiger partial charge in [-0.2, -0.15) is 0 Å². The van der Waals surface area contributed by atoms with Gasteiger partial charge >= 0.3 is 0 Å². The molecule has 2 aromatic carbocycles. The Kier molecular flexibility index (Phi) is 3.00. The van der Waals surface area contributed by atoms with Crippen molar-refractivity contribution in [2.24, 2.45) is 0 Å². The van der Waals surface area contributed by atoms with Gasteiger partial charge in [0.25, 0.3) is 0 Å². The first-order valence-electron chi connectivity index (χ1n) is 7.35. The van der Waals surface area contributed by atoms with E-state index in [1.165, 1.54) is 0 Å². The normalized spacial score (nSPS) is 18.4. The van der Waals surface area contributed by atoms with E-state index >= 15 is 0 Å². The van der Waals surface area contributed by atoms with E-state index in [0.717, 1.165) is 52.6 Å². The predicted octanol–water partition coefficient (Wildman–Crippen LogP) is 4.25. The van der Waals surface area contributed by atoms with E-state index in [1.54, 1.807) is 7.11 Å². The van der Waals surface area contributed by atoms with Crippen molar-refractivity contribution < 1.29 is 9.47 Å². The highest BCUT2D eigenvalue weighted by Crippen LogP contribution is 2.38. The van der Waals surface area contributed by atoms with Crippen LogP contribution >= 0.6 is 0 Å². The van der Waals surface area contributed by atoms with Crippen LogP contribution in [0.3, 0.4) is 0 Å². The molecule has 4 rings (SSSR count). The SMILES string of the molecule is COc1cccc2c(C3CCCO3)nc3ccccc3c12. The molecule has 0 radical (unpaired) electrons. The number of aromatic nitrogens is 1. The van der Waals surface area contributed by atoms with E-state index < -0.39 is 0 Å². The molecular formula is C18H17NO2. The number of benzene rings is 2. The number of methoxy groups -OCH3 is 1. The van der Waals surface area contributed by atoms with Crippen molar-refractivity contribution in [1.29, 1.82) is 0 Å². The molecule has 3 aromatic rings. The van der Waals surface area contributed by atoms with Crippen LogP contribution in [0.25, 0.3) is 21.7 Å². The van der Waals surface area contributed by atoms with E-state index in [-0.39, 0.29) is 6.10 Å². The van der Waals surface area contributed by atoms with Gasteiger partial charge in [0.15, 0.2) is 0 Å². The number of hydrogen-bond acceptors (Lipinski definition) is 3. The second kappa shape index (κ2) is 5.01. The lowest BCUT2D eigenvalue weighted by molar-refractivity contribution is 0.110. The number of ether oxygens (including phenoxy) is 2. The maximum Gasteiger partial charge on any atom is 0.127 e. The minimum absolute atomic E-state index is 0.101. The third-order valence-electron chi connectivity index (χ3n) is 4.17. The summed E-state index contributed by atoms with van der Waals surface area (Å²) in [7, 11) is 1.72. The average Bonchev–Trinajstić information content (AvgIpc) is 3.07. The average molecular weight is 279 g/mol. The lowest BCUT2D eigenvalue weighted by atomic mass is 9.99. The zero-order valence-corrected chi connectivity index (χ0v) is 12.0. The first-order chi connectivity index (χ1) is 10.4. The van der Waals surface area contributed by atoms with Gasteiger partial charge in [-0.3, -0.25) is 0 Å². The molecule has 0 saturated carbocycles. The van der Waals surface area contributed by atoms with Crippen molar-refractivity contribution in [1.82, 2.24) is 4.98 Å². The maximum absolute atomic E-state index is 5.87. The van der Waals surface area contributed by atoms with E-state index in [0.29, 0.717) is 0 Å². The molecular weight excluding hydrogens is 262 g/mol. The fourth-order valence-corrected chi connectivity index (χ4v) is 3.20. The van der Waals surface area contributed by atoms with Crippen molar-refractivity contribution in [3.8, 4) is 5.75 Å². The molecule has 0 spiro atoms. The van der Waals surface area contributed by atoms with Gasteiger partial charge in [-0.25, -0.2) is 4.98 Å². The Balaban J connectivity index is 2.12. The van der Waals surface area contributed by atoms with Crippen molar-refractivity contribution in [2.45, 2.75) is 18.9 Å². The van der Waals surface area contributed by atoms with Crippen LogP contribution in [0.1, 0.15) is 24.6 Å². The van der Waals surface area contributed by atoms with Crippen LogP contribution in [0.5, 0.6) is 5.75 Å². The summed E-state index contributed by atoms with van der Waals surface area (Å²) in [6, 6.07) is 14.4. The van der Waals surface area contributed by atoms with Crippen molar-refractivity contribution in [3.63, 3.8) is 0 Å². The molecule has 0 bridgehead atoms. The molecule has 0 aliphatic carbocycles. The van der Waals surface area contributed by atoms with Gasteiger partial charge < -0.3 is 9.47 Å². The molecule has 3 heteroatoms. The summed E-state index contributed by atoms with van der Waals surface area (Å²) in [4.78, 5) is 4.88. The second-order valence-corrected chi connectivity index (χ2v) is 5.40. The highest BCUT2D eigenvalue weighted by Gasteiger charge is 2.23. The first-order valence-corrected chi connectivity index (χ1v) is 7.35. The molecule has 21 heavy (non-hydrogen) atoms. The van der Waals surface area contributed by atoms with E-state index in [9.17, 15) is 0 Å². The number of rotatable bonds is 2. The van der Waals surface area contributed by atoms with Gasteiger partial charge in [0.1, 0.15) is 11.9 Å². The van der Waals surface area contributed by atoms with Crippen LogP contribution in [0, 0.1) is 0 Å². The topological polar surface area (TPSA) is 31.4 Å². The van der Waals surface area contributed by atoms with Gasteiger partial charge in [-0.15, -0.1) is 0 Å². The minimum atomic E-state index is 0.101. The molecule has 1 aliphatic heterocycles. The highest BCUT2D eigenvalue weighted by atomic mass is 16.5. The Morgan fingerprint density at radius 1 is 1.10 bits per heavy atom. The summed E-state index contributed by atoms with van der Waals surface area (Å²) in [6.07, 6.45) is 2.24. The zero-order valence-electron chi connectivity index (χ0n) is 12.0. The van der Waals surface area contributed by atoms with Crippen LogP contribution < -0.4 is 4.74 Å². The van der Waals surface area contributed by atoms with Gasteiger partial charge in [0, 0.05) is 22.8 Å². The van der Waals surface area contributed by atoms with Crippen LogP contribution in [0.2, 0.25) is 0 Å². The summed E-state index contributed by atoms with van der Waals surface area (Å²) < 4.78 is 11.5. The second-order valence-electron chi connectivity index (χ2n) is 5.40. The smallest absolute Gasteiger partial charge is 0.127 e. The Morgan fingerprint density at radius 3 is 2.76 bits per heavy atom. The summed E-state index contributed by atoms with van der Waals surface area (Å²) in [5, 5.41) is 3.41. The van der Waals surface area contributed by atoms with Crippen LogP contribution in [0.4, 0.5) is 0 Å². The number of fused-ring (bicyclic) bond motifs is 3. The summed E-state index contributed by atoms with van der Waals surface area (Å²) in [5.41, 5.74) is 2.04. The van der Waals surface area contributed by atoms with Crippen LogP contribution in [-0.4, -0.2) is 18.7 Å². The monoisotopic (exact) mass is 279 g/mol. The highest BCUT2D eigenvalue weighted by molar-refractivity contribution is 6.10. The lowest BCUT2D eigenvalue weighted by Gasteiger charge is -2.16. The molecule has 1 fully saturated rings. The molecule has 1 unspecified atom stereocenters. The van der Waals surface area contributed by atoms with Gasteiger partial charge in [0.05, 0.1) is 18.3 Å². The molecule has 106 valence electrons. The van der Waals surface area contributed by atoms with Crippen molar-refractivity contribution in [2.75, 3.05) is 13.7 Å². The molecule has 1 saturated heterocycles. The first kappa shape index (κ1) is 12.6. The maximum atomic E-state index is 5.87. The number of nitrogens with zero attached hydrogens (tertiary/aromatic N) is 1. The Bertz CT molecular complexity index is 807. The Labute approximate surface area is 123 Å². The Morgan fingerprint density at radius 2 is 1.95 bits per heavy atom. The minimum Gasteiger partial charge on any atom is -0.496 e. The van der Waals surface area contributed by atoms with Gasteiger partial charge in [0.2, 0.25) is 0 Å². The summed E-state index contributed by atoms with van der Waals surface area (Å²) in [5.74, 6) is 0.894. The van der Waals surface area contributed by atoms with E-state index in [1.807, 2.05) is 24.3 Å².